The monoisotopic (exact) mass is 232 g/mol. The van der Waals surface area contributed by atoms with Gasteiger partial charge in [0.15, 0.2) is 0 Å². The smallest absolute Gasteiger partial charge is 0.254 e. The second-order valence-corrected chi connectivity index (χ2v) is 4.00. The third-order valence-corrected chi connectivity index (χ3v) is 2.68. The van der Waals surface area contributed by atoms with Crippen molar-refractivity contribution in [2.75, 3.05) is 6.61 Å². The number of imide groups is 1. The molecule has 1 aliphatic heterocycles. The van der Waals surface area contributed by atoms with E-state index in [1.807, 2.05) is 37.6 Å². The first-order chi connectivity index (χ1) is 8.18. The molecule has 17 heavy (non-hydrogen) atoms. The number of rotatable bonds is 3. The zero-order valence-corrected chi connectivity index (χ0v) is 9.68. The molecule has 0 spiro atoms. The van der Waals surface area contributed by atoms with Crippen molar-refractivity contribution >= 4 is 11.8 Å². The summed E-state index contributed by atoms with van der Waals surface area (Å²) < 4.78 is 0. The van der Waals surface area contributed by atoms with Crippen LogP contribution in [0.3, 0.4) is 0 Å². The van der Waals surface area contributed by atoms with E-state index in [0.29, 0.717) is 0 Å². The highest BCUT2D eigenvalue weighted by molar-refractivity contribution is 6.00. The third kappa shape index (κ3) is 2.65. The van der Waals surface area contributed by atoms with Crippen molar-refractivity contribution in [3.8, 4) is 0 Å². The van der Waals surface area contributed by atoms with Crippen LogP contribution in [0.4, 0.5) is 0 Å². The molecule has 2 rings (SSSR count). The highest BCUT2D eigenvalue weighted by Crippen LogP contribution is 2.17. The van der Waals surface area contributed by atoms with Crippen molar-refractivity contribution in [1.82, 2.24) is 5.06 Å². The zero-order chi connectivity index (χ0) is 12.3. The fourth-order valence-corrected chi connectivity index (χ4v) is 1.67. The van der Waals surface area contributed by atoms with Gasteiger partial charge >= 0.3 is 0 Å². The summed E-state index contributed by atoms with van der Waals surface area (Å²) in [7, 11) is 0. The average Bonchev–Trinajstić information content (AvgIpc) is 2.67. The number of hydrogen-bond donors (Lipinski definition) is 0. The summed E-state index contributed by atoms with van der Waals surface area (Å²) in [4.78, 5) is 27.9. The Bertz CT molecular complexity index is 416. The van der Waals surface area contributed by atoms with Gasteiger partial charge in [0, 0.05) is 49.1 Å². The highest BCUT2D eigenvalue weighted by Gasteiger charge is 2.30. The predicted octanol–water partition coefficient (Wildman–Crippen LogP) is 1.71. The lowest BCUT2D eigenvalue weighted by molar-refractivity contribution is -0.184. The standard InChI is InChI=1S/C13H14NO3/c1-10(11-5-3-2-4-6-11)9-17-14-12(15)7-8-13(14)16/h2-6H,7-9H2,1H3/q+1. The molecule has 0 aromatic carbocycles. The predicted molar refractivity (Wildman–Crippen MR) is 62.3 cm³/mol. The molecule has 4 heteroatoms. The van der Waals surface area contributed by atoms with Gasteiger partial charge in [0.1, 0.15) is 6.61 Å². The van der Waals surface area contributed by atoms with E-state index >= 15 is 0 Å². The Morgan fingerprint density at radius 2 is 2.06 bits per heavy atom. The molecule has 0 atom stereocenters. The summed E-state index contributed by atoms with van der Waals surface area (Å²) in [5, 5.41) is 0.881. The molecule has 0 bridgehead atoms. The van der Waals surface area contributed by atoms with Crippen LogP contribution in [0.2, 0.25) is 0 Å². The first kappa shape index (κ1) is 11.7. The van der Waals surface area contributed by atoms with Gasteiger partial charge in [-0.25, -0.2) is 4.84 Å². The van der Waals surface area contributed by atoms with Gasteiger partial charge in [-0.1, -0.05) is 0 Å². The Balaban J connectivity index is 1.94. The van der Waals surface area contributed by atoms with E-state index in [4.69, 9.17) is 4.84 Å². The van der Waals surface area contributed by atoms with Crippen LogP contribution < -0.4 is 0 Å². The minimum absolute atomic E-state index is 0.251. The minimum atomic E-state index is -0.254. The molecule has 1 fully saturated rings. The lowest BCUT2D eigenvalue weighted by Crippen LogP contribution is -2.30. The van der Waals surface area contributed by atoms with Crippen molar-refractivity contribution in [2.45, 2.75) is 19.8 Å². The molecule has 0 unspecified atom stereocenters. The molecular weight excluding hydrogens is 218 g/mol. The molecule has 4 nitrogen and oxygen atoms in total. The van der Waals surface area contributed by atoms with Gasteiger partial charge in [-0.15, -0.1) is 0 Å². The van der Waals surface area contributed by atoms with E-state index in [2.05, 4.69) is 0 Å². The molecule has 1 heterocycles. The van der Waals surface area contributed by atoms with Gasteiger partial charge in [-0.2, -0.15) is 5.06 Å². The number of carbonyl (C=O) groups excluding carboxylic acids is 2. The number of carbonyl (C=O) groups is 2. The van der Waals surface area contributed by atoms with E-state index < -0.39 is 0 Å². The molecule has 2 aliphatic rings. The Hall–Kier alpha value is -1.81. The Morgan fingerprint density at radius 1 is 1.35 bits per heavy atom. The van der Waals surface area contributed by atoms with Gasteiger partial charge in [0.05, 0.1) is 5.57 Å². The van der Waals surface area contributed by atoms with Gasteiger partial charge in [0.25, 0.3) is 11.8 Å². The summed E-state index contributed by atoms with van der Waals surface area (Å²) >= 11 is 0. The molecule has 1 saturated heterocycles. The summed E-state index contributed by atoms with van der Waals surface area (Å²) in [5.41, 5.74) is 2.03. The lowest BCUT2D eigenvalue weighted by atomic mass is 10.0. The molecule has 1 aliphatic carbocycles. The van der Waals surface area contributed by atoms with Crippen LogP contribution in [0.15, 0.2) is 35.5 Å². The van der Waals surface area contributed by atoms with Gasteiger partial charge in [-0.3, -0.25) is 9.59 Å². The van der Waals surface area contributed by atoms with Crippen LogP contribution in [-0.4, -0.2) is 23.5 Å². The quantitative estimate of drug-likeness (QED) is 0.549. The van der Waals surface area contributed by atoms with E-state index in [0.717, 1.165) is 16.2 Å². The topological polar surface area (TPSA) is 46.6 Å². The maximum atomic E-state index is 11.3. The fraction of sp³-hybridized carbons (Fsp3) is 0.308. The van der Waals surface area contributed by atoms with Gasteiger partial charge in [0.2, 0.25) is 0 Å². The molecule has 88 valence electrons. The second-order valence-electron chi connectivity index (χ2n) is 4.00. The van der Waals surface area contributed by atoms with Crippen LogP contribution in [0, 0.1) is 6.42 Å². The molecular formula is C13H14NO3+. The van der Waals surface area contributed by atoms with Crippen molar-refractivity contribution in [3.05, 3.63) is 41.9 Å². The third-order valence-electron chi connectivity index (χ3n) is 2.68. The maximum Gasteiger partial charge on any atom is 0.254 e. The average molecular weight is 232 g/mol. The highest BCUT2D eigenvalue weighted by atomic mass is 16.7. The van der Waals surface area contributed by atoms with E-state index in [9.17, 15) is 9.59 Å². The largest absolute Gasteiger partial charge is 0.272 e. The summed E-state index contributed by atoms with van der Waals surface area (Å²) in [5.74, 6) is -0.508. The Morgan fingerprint density at radius 3 is 2.65 bits per heavy atom. The second kappa shape index (κ2) is 5.01. The molecule has 0 aromatic rings. The summed E-state index contributed by atoms with van der Waals surface area (Å²) in [6.07, 6.45) is 10.2. The lowest BCUT2D eigenvalue weighted by Gasteiger charge is -2.12. The molecule has 0 saturated carbocycles. The summed E-state index contributed by atoms with van der Waals surface area (Å²) in [6.45, 7) is 2.17. The molecule has 0 radical (unpaired) electrons. The van der Waals surface area contributed by atoms with Gasteiger partial charge < -0.3 is 0 Å². The Kier molecular flexibility index (Phi) is 3.44. The number of hydrogen-bond acceptors (Lipinski definition) is 3. The van der Waals surface area contributed by atoms with Crippen LogP contribution in [-0.2, 0) is 14.4 Å². The van der Waals surface area contributed by atoms with Crippen molar-refractivity contribution in [3.63, 3.8) is 0 Å². The van der Waals surface area contributed by atoms with Crippen molar-refractivity contribution in [2.24, 2.45) is 0 Å². The Labute approximate surface area is 100 Å². The number of amides is 2. The first-order valence-electron chi connectivity index (χ1n) is 5.55. The maximum absolute atomic E-state index is 11.3. The number of nitrogens with zero attached hydrogens (tertiary/aromatic N) is 1. The van der Waals surface area contributed by atoms with Crippen LogP contribution >= 0.6 is 0 Å². The minimum Gasteiger partial charge on any atom is -0.272 e. The molecule has 2 amide bonds. The summed E-state index contributed by atoms with van der Waals surface area (Å²) in [6, 6.07) is 0. The fourth-order valence-electron chi connectivity index (χ4n) is 1.67. The molecule has 0 aromatic heterocycles. The van der Waals surface area contributed by atoms with Crippen LogP contribution in [0.25, 0.3) is 0 Å². The van der Waals surface area contributed by atoms with E-state index in [-0.39, 0.29) is 31.3 Å². The number of hydroxylamine groups is 2. The van der Waals surface area contributed by atoms with E-state index in [1.165, 1.54) is 0 Å². The van der Waals surface area contributed by atoms with E-state index in [1.54, 1.807) is 0 Å². The molecule has 0 N–H and O–H groups in total. The zero-order valence-electron chi connectivity index (χ0n) is 9.68. The first-order valence-corrected chi connectivity index (χ1v) is 5.55. The SMILES string of the molecule is C/C(CON1C(=O)CCC1=O)=C1\C=CC=C[CH+]1. The number of allylic oxidation sites excluding steroid dienone is 5. The van der Waals surface area contributed by atoms with Gasteiger partial charge in [-0.05, 0) is 6.92 Å². The van der Waals surface area contributed by atoms with Crippen LogP contribution in [0.5, 0.6) is 0 Å². The van der Waals surface area contributed by atoms with Crippen LogP contribution in [0.1, 0.15) is 19.8 Å². The van der Waals surface area contributed by atoms with Crippen molar-refractivity contribution < 1.29 is 14.4 Å². The normalized spacial score (nSPS) is 22.1. The van der Waals surface area contributed by atoms with Crippen molar-refractivity contribution in [1.29, 1.82) is 0 Å².